The smallest absolute Gasteiger partial charge is 0.198 e. The maximum Gasteiger partial charge on any atom is 0.198 e. The molecule has 0 fully saturated rings. The molecule has 1 aromatic heterocycles. The van der Waals surface area contributed by atoms with Crippen LogP contribution in [0.1, 0.15) is 17.2 Å². The highest BCUT2D eigenvalue weighted by Gasteiger charge is 2.19. The van der Waals surface area contributed by atoms with E-state index in [1.807, 2.05) is 31.3 Å². The molecule has 5 heteroatoms. The second-order valence-electron chi connectivity index (χ2n) is 4.02. The summed E-state index contributed by atoms with van der Waals surface area (Å²) < 4.78 is 15.7. The van der Waals surface area contributed by atoms with Gasteiger partial charge in [-0.25, -0.2) is 0 Å². The first-order chi connectivity index (χ1) is 9.19. The Bertz CT molecular complexity index is 531. The van der Waals surface area contributed by atoms with Crippen molar-refractivity contribution in [3.05, 3.63) is 46.9 Å². The van der Waals surface area contributed by atoms with Crippen LogP contribution < -0.4 is 14.8 Å². The molecule has 4 nitrogen and oxygen atoms in total. The molecule has 102 valence electrons. The molecule has 0 spiro atoms. The Labute approximate surface area is 117 Å². The Morgan fingerprint density at radius 1 is 1.16 bits per heavy atom. The van der Waals surface area contributed by atoms with E-state index in [0.29, 0.717) is 5.22 Å². The van der Waals surface area contributed by atoms with Crippen LogP contribution in [0.2, 0.25) is 5.22 Å². The minimum absolute atomic E-state index is 0.0877. The number of methoxy groups -OCH3 is 2. The molecule has 0 saturated carbocycles. The van der Waals surface area contributed by atoms with Crippen molar-refractivity contribution in [1.82, 2.24) is 5.32 Å². The summed E-state index contributed by atoms with van der Waals surface area (Å²) in [5.41, 5.74) is 1.86. The Hall–Kier alpha value is -1.65. The summed E-state index contributed by atoms with van der Waals surface area (Å²) in [7, 11) is 5.11. The molecule has 1 unspecified atom stereocenters. The molecule has 1 atom stereocenters. The van der Waals surface area contributed by atoms with Gasteiger partial charge >= 0.3 is 0 Å². The third-order valence-electron chi connectivity index (χ3n) is 2.95. The van der Waals surface area contributed by atoms with Crippen molar-refractivity contribution in [3.63, 3.8) is 0 Å². The highest BCUT2D eigenvalue weighted by Crippen LogP contribution is 2.33. The molecular weight excluding hydrogens is 266 g/mol. The second kappa shape index (κ2) is 5.99. The SMILES string of the molecule is CNC(c1cc(OC)cc(OC)c1)c1ccoc1Cl. The number of furan rings is 1. The normalized spacial score (nSPS) is 12.2. The fourth-order valence-electron chi connectivity index (χ4n) is 2.01. The van der Waals surface area contributed by atoms with Crippen LogP contribution >= 0.6 is 11.6 Å². The monoisotopic (exact) mass is 281 g/mol. The molecule has 0 aliphatic carbocycles. The van der Waals surface area contributed by atoms with E-state index in [2.05, 4.69) is 5.32 Å². The number of nitrogens with one attached hydrogen (secondary N) is 1. The maximum absolute atomic E-state index is 6.04. The van der Waals surface area contributed by atoms with Crippen LogP contribution in [0, 0.1) is 0 Å². The van der Waals surface area contributed by atoms with Gasteiger partial charge in [0.2, 0.25) is 0 Å². The summed E-state index contributed by atoms with van der Waals surface area (Å²) in [5, 5.41) is 3.58. The lowest BCUT2D eigenvalue weighted by molar-refractivity contribution is 0.392. The molecule has 1 aromatic carbocycles. The van der Waals surface area contributed by atoms with Gasteiger partial charge in [-0.15, -0.1) is 0 Å². The van der Waals surface area contributed by atoms with Gasteiger partial charge in [0.25, 0.3) is 0 Å². The van der Waals surface area contributed by atoms with Crippen LogP contribution in [-0.2, 0) is 0 Å². The summed E-state index contributed by atoms with van der Waals surface area (Å²) in [6, 6.07) is 7.46. The van der Waals surface area contributed by atoms with Gasteiger partial charge in [0, 0.05) is 11.6 Å². The molecule has 0 bridgehead atoms. The maximum atomic E-state index is 6.04. The largest absolute Gasteiger partial charge is 0.497 e. The topological polar surface area (TPSA) is 43.6 Å². The van der Waals surface area contributed by atoms with Gasteiger partial charge in [0.05, 0.1) is 26.5 Å². The average molecular weight is 282 g/mol. The Kier molecular flexibility index (Phi) is 4.35. The molecule has 0 aliphatic heterocycles. The number of hydrogen-bond donors (Lipinski definition) is 1. The molecule has 0 aliphatic rings. The zero-order valence-corrected chi connectivity index (χ0v) is 11.8. The summed E-state index contributed by atoms with van der Waals surface area (Å²) in [4.78, 5) is 0. The van der Waals surface area contributed by atoms with Crippen LogP contribution in [0.4, 0.5) is 0 Å². The van der Waals surface area contributed by atoms with Crippen LogP contribution in [0.25, 0.3) is 0 Å². The molecule has 0 radical (unpaired) electrons. The van der Waals surface area contributed by atoms with Gasteiger partial charge in [-0.3, -0.25) is 0 Å². The van der Waals surface area contributed by atoms with Gasteiger partial charge in [-0.1, -0.05) is 0 Å². The predicted molar refractivity (Wildman–Crippen MR) is 74.2 cm³/mol. The fraction of sp³-hybridized carbons (Fsp3) is 0.286. The lowest BCUT2D eigenvalue weighted by atomic mass is 10.0. The average Bonchev–Trinajstić information content (AvgIpc) is 2.85. The van der Waals surface area contributed by atoms with Crippen molar-refractivity contribution in [1.29, 1.82) is 0 Å². The molecule has 2 rings (SSSR count). The van der Waals surface area contributed by atoms with Crippen LogP contribution in [0.3, 0.4) is 0 Å². The number of halogens is 1. The summed E-state index contributed by atoms with van der Waals surface area (Å²) >= 11 is 6.04. The molecule has 0 amide bonds. The van der Waals surface area contributed by atoms with Gasteiger partial charge in [0.15, 0.2) is 5.22 Å². The van der Waals surface area contributed by atoms with Crippen molar-refractivity contribution in [2.24, 2.45) is 0 Å². The van der Waals surface area contributed by atoms with Crippen molar-refractivity contribution in [2.45, 2.75) is 6.04 Å². The zero-order valence-electron chi connectivity index (χ0n) is 11.1. The standard InChI is InChI=1S/C14H16ClNO3/c1-16-13(12-4-5-19-14(12)15)9-6-10(17-2)8-11(7-9)18-3/h4-8,13,16H,1-3H3. The van der Waals surface area contributed by atoms with E-state index in [9.17, 15) is 0 Å². The first-order valence-electron chi connectivity index (χ1n) is 5.82. The Balaban J connectivity index is 2.46. The van der Waals surface area contributed by atoms with Crippen molar-refractivity contribution < 1.29 is 13.9 Å². The van der Waals surface area contributed by atoms with Crippen molar-refractivity contribution in [2.75, 3.05) is 21.3 Å². The molecule has 2 aromatic rings. The van der Waals surface area contributed by atoms with Gasteiger partial charge in [-0.2, -0.15) is 0 Å². The minimum atomic E-state index is -0.0877. The minimum Gasteiger partial charge on any atom is -0.497 e. The van der Waals surface area contributed by atoms with Gasteiger partial charge in [0.1, 0.15) is 11.5 Å². The lowest BCUT2D eigenvalue weighted by Gasteiger charge is -2.17. The molecule has 1 N–H and O–H groups in total. The predicted octanol–water partition coefficient (Wildman–Crippen LogP) is 3.26. The Morgan fingerprint density at radius 3 is 2.21 bits per heavy atom. The first-order valence-corrected chi connectivity index (χ1v) is 6.20. The number of ether oxygens (including phenoxy) is 2. The molecule has 1 heterocycles. The first kappa shape index (κ1) is 13.8. The highest BCUT2D eigenvalue weighted by atomic mass is 35.5. The third-order valence-corrected chi connectivity index (χ3v) is 3.26. The van der Waals surface area contributed by atoms with E-state index < -0.39 is 0 Å². The van der Waals surface area contributed by atoms with E-state index in [1.165, 1.54) is 0 Å². The second-order valence-corrected chi connectivity index (χ2v) is 4.36. The van der Waals surface area contributed by atoms with Crippen LogP contribution in [0.5, 0.6) is 11.5 Å². The quantitative estimate of drug-likeness (QED) is 0.914. The number of rotatable bonds is 5. The van der Waals surface area contributed by atoms with Gasteiger partial charge < -0.3 is 19.2 Å². The Morgan fingerprint density at radius 2 is 1.79 bits per heavy atom. The van der Waals surface area contributed by atoms with Gasteiger partial charge in [-0.05, 0) is 42.4 Å². The van der Waals surface area contributed by atoms with Crippen LogP contribution in [-0.4, -0.2) is 21.3 Å². The third kappa shape index (κ3) is 2.85. The summed E-state index contributed by atoms with van der Waals surface area (Å²) in [6.07, 6.45) is 1.57. The van der Waals surface area contributed by atoms with Crippen molar-refractivity contribution in [3.8, 4) is 11.5 Å². The molecular formula is C14H16ClNO3. The zero-order chi connectivity index (χ0) is 13.8. The van der Waals surface area contributed by atoms with Crippen molar-refractivity contribution >= 4 is 11.6 Å². The van der Waals surface area contributed by atoms with E-state index in [-0.39, 0.29) is 6.04 Å². The summed E-state index contributed by atoms with van der Waals surface area (Å²) in [6.45, 7) is 0. The number of benzene rings is 1. The molecule has 19 heavy (non-hydrogen) atoms. The van der Waals surface area contributed by atoms with Crippen LogP contribution in [0.15, 0.2) is 34.9 Å². The van der Waals surface area contributed by atoms with E-state index in [4.69, 9.17) is 25.5 Å². The van der Waals surface area contributed by atoms with E-state index in [1.54, 1.807) is 20.5 Å². The van der Waals surface area contributed by atoms with E-state index in [0.717, 1.165) is 22.6 Å². The summed E-state index contributed by atoms with van der Waals surface area (Å²) in [5.74, 6) is 1.46. The van der Waals surface area contributed by atoms with E-state index >= 15 is 0 Å². The number of hydrogen-bond acceptors (Lipinski definition) is 4. The highest BCUT2D eigenvalue weighted by molar-refractivity contribution is 6.29. The molecule has 0 saturated heterocycles. The lowest BCUT2D eigenvalue weighted by Crippen LogP contribution is -2.17. The fourth-order valence-corrected chi connectivity index (χ4v) is 2.23.